The van der Waals surface area contributed by atoms with Gasteiger partial charge in [0.25, 0.3) is 0 Å². The summed E-state index contributed by atoms with van der Waals surface area (Å²) in [5.74, 6) is 0. The van der Waals surface area contributed by atoms with Crippen molar-refractivity contribution >= 4 is 24.1 Å². The summed E-state index contributed by atoms with van der Waals surface area (Å²) in [4.78, 5) is 4.20. The first-order chi connectivity index (χ1) is 5.66. The molecule has 0 unspecified atom stereocenters. The zero-order chi connectivity index (χ0) is 9.14. The van der Waals surface area contributed by atoms with Crippen LogP contribution in [0.25, 0.3) is 0 Å². The van der Waals surface area contributed by atoms with Crippen LogP contribution in [0.1, 0.15) is 12.5 Å². The smallest absolute Gasteiger partial charge is 0.110 e. The van der Waals surface area contributed by atoms with Crippen LogP contribution < -0.4 is 0 Å². The van der Waals surface area contributed by atoms with Gasteiger partial charge in [-0.2, -0.15) is 0 Å². The van der Waals surface area contributed by atoms with Gasteiger partial charge in [-0.1, -0.05) is 12.2 Å². The van der Waals surface area contributed by atoms with Gasteiger partial charge in [0.15, 0.2) is 0 Å². The van der Waals surface area contributed by atoms with Gasteiger partial charge in [-0.05, 0) is 19.9 Å². The molecule has 0 aromatic carbocycles. The van der Waals surface area contributed by atoms with E-state index in [4.69, 9.17) is 12.2 Å². The molecule has 64 valence electrons. The lowest BCUT2D eigenvalue weighted by Gasteiger charge is -2.03. The molecule has 2 nitrogen and oxygen atoms in total. The molecule has 3 heteroatoms. The second-order valence-corrected chi connectivity index (χ2v) is 3.02. The van der Waals surface area contributed by atoms with Gasteiger partial charge in [-0.3, -0.25) is 4.99 Å². The van der Waals surface area contributed by atoms with E-state index in [9.17, 15) is 0 Å². The Balaban J connectivity index is 3.36. The third-order valence-corrected chi connectivity index (χ3v) is 2.34. The van der Waals surface area contributed by atoms with Crippen molar-refractivity contribution < 1.29 is 0 Å². The molecule has 0 amide bonds. The van der Waals surface area contributed by atoms with Gasteiger partial charge in [0, 0.05) is 25.0 Å². The number of hydrogen-bond acceptors (Lipinski definition) is 2. The van der Waals surface area contributed by atoms with E-state index in [2.05, 4.69) is 4.99 Å². The van der Waals surface area contributed by atoms with Crippen LogP contribution in [0.2, 0.25) is 0 Å². The SMILES string of the molecule is CC=Nc1ccn(C)c(=S)c1C. The third kappa shape index (κ3) is 1.61. The van der Waals surface area contributed by atoms with E-state index in [-0.39, 0.29) is 0 Å². The molecule has 0 fully saturated rings. The molecule has 0 atom stereocenters. The van der Waals surface area contributed by atoms with Crippen molar-refractivity contribution in [3.63, 3.8) is 0 Å². The van der Waals surface area contributed by atoms with Crippen molar-refractivity contribution in [1.82, 2.24) is 4.57 Å². The van der Waals surface area contributed by atoms with Gasteiger partial charge in [-0.15, -0.1) is 0 Å². The topological polar surface area (TPSA) is 17.3 Å². The molecule has 0 aliphatic carbocycles. The average Bonchev–Trinajstić information content (AvgIpc) is 2.07. The lowest BCUT2D eigenvalue weighted by Crippen LogP contribution is -1.93. The predicted molar refractivity (Wildman–Crippen MR) is 54.8 cm³/mol. The third-order valence-electron chi connectivity index (χ3n) is 1.75. The largest absolute Gasteiger partial charge is 0.342 e. The number of aliphatic imine (C=N–C) groups is 1. The molecule has 0 aliphatic rings. The van der Waals surface area contributed by atoms with Crippen LogP contribution in [-0.4, -0.2) is 10.8 Å². The minimum atomic E-state index is 0.845. The fraction of sp³-hybridized carbons (Fsp3) is 0.333. The van der Waals surface area contributed by atoms with E-state index in [1.807, 2.05) is 37.7 Å². The summed E-state index contributed by atoms with van der Waals surface area (Å²) < 4.78 is 2.76. The first-order valence-electron chi connectivity index (χ1n) is 3.81. The van der Waals surface area contributed by atoms with Gasteiger partial charge in [0.05, 0.1) is 5.69 Å². The monoisotopic (exact) mass is 180 g/mol. The molecular formula is C9H12N2S. The Morgan fingerprint density at radius 2 is 2.25 bits per heavy atom. The van der Waals surface area contributed by atoms with E-state index in [1.165, 1.54) is 0 Å². The summed E-state index contributed by atoms with van der Waals surface area (Å²) in [5, 5.41) is 0. The molecule has 12 heavy (non-hydrogen) atoms. The number of rotatable bonds is 1. The highest BCUT2D eigenvalue weighted by Gasteiger charge is 1.97. The molecule has 0 radical (unpaired) electrons. The molecule has 1 heterocycles. The first kappa shape index (κ1) is 9.13. The van der Waals surface area contributed by atoms with Crippen LogP contribution in [0.5, 0.6) is 0 Å². The summed E-state index contributed by atoms with van der Waals surface area (Å²) in [7, 11) is 1.94. The van der Waals surface area contributed by atoms with Crippen molar-refractivity contribution in [2.75, 3.05) is 0 Å². The Kier molecular flexibility index (Phi) is 2.76. The number of pyridine rings is 1. The number of nitrogens with zero attached hydrogens (tertiary/aromatic N) is 2. The van der Waals surface area contributed by atoms with E-state index >= 15 is 0 Å². The van der Waals surface area contributed by atoms with Crippen molar-refractivity contribution in [3.05, 3.63) is 22.5 Å². The van der Waals surface area contributed by atoms with Crippen LogP contribution in [-0.2, 0) is 7.05 Å². The quantitative estimate of drug-likeness (QED) is 0.480. The van der Waals surface area contributed by atoms with Crippen LogP contribution in [0.3, 0.4) is 0 Å². The Bertz CT molecular complexity index is 363. The lowest BCUT2D eigenvalue weighted by atomic mass is 10.2. The van der Waals surface area contributed by atoms with Crippen LogP contribution in [0.4, 0.5) is 5.69 Å². The van der Waals surface area contributed by atoms with Gasteiger partial charge in [0.1, 0.15) is 4.64 Å². The van der Waals surface area contributed by atoms with Crippen molar-refractivity contribution in [2.24, 2.45) is 12.0 Å². The van der Waals surface area contributed by atoms with E-state index in [1.54, 1.807) is 6.21 Å². The molecule has 0 bridgehead atoms. The molecule has 0 saturated carbocycles. The van der Waals surface area contributed by atoms with Crippen molar-refractivity contribution in [1.29, 1.82) is 0 Å². The van der Waals surface area contributed by atoms with Crippen LogP contribution in [0, 0.1) is 11.6 Å². The molecule has 1 aromatic heterocycles. The molecule has 0 spiro atoms. The standard InChI is InChI=1S/C9H12N2S/c1-4-10-8-5-6-11(3)9(12)7(8)2/h4-6H,1-3H3. The van der Waals surface area contributed by atoms with Gasteiger partial charge in [0.2, 0.25) is 0 Å². The summed E-state index contributed by atoms with van der Waals surface area (Å²) in [6, 6.07) is 1.96. The Hall–Kier alpha value is -0.960. The molecule has 1 aromatic rings. The summed E-state index contributed by atoms with van der Waals surface area (Å²) in [5.41, 5.74) is 2.02. The zero-order valence-corrected chi connectivity index (χ0v) is 8.35. The average molecular weight is 180 g/mol. The Labute approximate surface area is 77.6 Å². The van der Waals surface area contributed by atoms with Crippen molar-refractivity contribution in [2.45, 2.75) is 13.8 Å². The predicted octanol–water partition coefficient (Wildman–Crippen LogP) is 2.79. The highest BCUT2D eigenvalue weighted by Crippen LogP contribution is 2.17. The van der Waals surface area contributed by atoms with Gasteiger partial charge < -0.3 is 4.57 Å². The fourth-order valence-corrected chi connectivity index (χ4v) is 1.19. The maximum absolute atomic E-state index is 5.19. The van der Waals surface area contributed by atoms with E-state index in [0.717, 1.165) is 15.9 Å². The molecular weight excluding hydrogens is 168 g/mol. The number of aryl methyl sites for hydroxylation is 1. The molecule has 0 N–H and O–H groups in total. The maximum Gasteiger partial charge on any atom is 0.110 e. The minimum Gasteiger partial charge on any atom is -0.342 e. The molecule has 1 rings (SSSR count). The Morgan fingerprint density at radius 3 is 2.83 bits per heavy atom. The zero-order valence-electron chi connectivity index (χ0n) is 7.53. The summed E-state index contributed by atoms with van der Waals surface area (Å²) in [6.07, 6.45) is 3.70. The highest BCUT2D eigenvalue weighted by atomic mass is 32.1. The Morgan fingerprint density at radius 1 is 1.58 bits per heavy atom. The fourth-order valence-electron chi connectivity index (χ4n) is 1.03. The van der Waals surface area contributed by atoms with Crippen LogP contribution in [0.15, 0.2) is 17.3 Å². The van der Waals surface area contributed by atoms with Crippen LogP contribution >= 0.6 is 12.2 Å². The lowest BCUT2D eigenvalue weighted by molar-refractivity contribution is 0.877. The maximum atomic E-state index is 5.19. The van der Waals surface area contributed by atoms with Crippen molar-refractivity contribution in [3.8, 4) is 0 Å². The second kappa shape index (κ2) is 3.63. The highest BCUT2D eigenvalue weighted by molar-refractivity contribution is 7.71. The number of aromatic nitrogens is 1. The van der Waals surface area contributed by atoms with E-state index < -0.39 is 0 Å². The number of hydrogen-bond donors (Lipinski definition) is 0. The molecule has 0 aliphatic heterocycles. The van der Waals surface area contributed by atoms with Gasteiger partial charge in [-0.25, -0.2) is 0 Å². The normalized spacial score (nSPS) is 10.9. The summed E-state index contributed by atoms with van der Waals surface area (Å²) >= 11 is 5.19. The molecule has 0 saturated heterocycles. The minimum absolute atomic E-state index is 0.845. The second-order valence-electron chi connectivity index (χ2n) is 2.63. The van der Waals surface area contributed by atoms with Gasteiger partial charge >= 0.3 is 0 Å². The summed E-state index contributed by atoms with van der Waals surface area (Å²) in [6.45, 7) is 3.89. The first-order valence-corrected chi connectivity index (χ1v) is 4.22. The van der Waals surface area contributed by atoms with E-state index in [0.29, 0.717) is 0 Å².